The quantitative estimate of drug-likeness (QED) is 0.565. The fraction of sp³-hybridized carbons (Fsp3) is 0.385. The molecule has 0 aliphatic heterocycles. The minimum atomic E-state index is -0.572. The molecule has 0 saturated heterocycles. The SMILES string of the molecule is CCC(=O)C(C)C(=O)c1cccc(OC)c1. The summed E-state index contributed by atoms with van der Waals surface area (Å²) in [5.74, 6) is -0.127. The van der Waals surface area contributed by atoms with Gasteiger partial charge in [-0.05, 0) is 19.1 Å². The van der Waals surface area contributed by atoms with E-state index in [1.807, 2.05) is 0 Å². The van der Waals surface area contributed by atoms with Crippen molar-refractivity contribution in [1.29, 1.82) is 0 Å². The van der Waals surface area contributed by atoms with E-state index in [0.29, 0.717) is 17.7 Å². The van der Waals surface area contributed by atoms with Crippen LogP contribution in [-0.2, 0) is 4.79 Å². The van der Waals surface area contributed by atoms with E-state index in [4.69, 9.17) is 4.74 Å². The number of carbonyl (C=O) groups excluding carboxylic acids is 2. The van der Waals surface area contributed by atoms with Crippen LogP contribution in [0.5, 0.6) is 5.75 Å². The monoisotopic (exact) mass is 220 g/mol. The van der Waals surface area contributed by atoms with Crippen molar-refractivity contribution in [2.45, 2.75) is 20.3 Å². The Hall–Kier alpha value is -1.64. The van der Waals surface area contributed by atoms with Crippen LogP contribution in [0, 0.1) is 5.92 Å². The molecule has 0 saturated carbocycles. The van der Waals surface area contributed by atoms with Gasteiger partial charge in [0.2, 0.25) is 0 Å². The number of ketones is 2. The fourth-order valence-corrected chi connectivity index (χ4v) is 1.48. The van der Waals surface area contributed by atoms with E-state index in [-0.39, 0.29) is 11.6 Å². The van der Waals surface area contributed by atoms with E-state index < -0.39 is 5.92 Å². The first-order valence-corrected chi connectivity index (χ1v) is 5.31. The number of rotatable bonds is 5. The van der Waals surface area contributed by atoms with Crippen LogP contribution in [0.4, 0.5) is 0 Å². The smallest absolute Gasteiger partial charge is 0.173 e. The van der Waals surface area contributed by atoms with Gasteiger partial charge in [0.1, 0.15) is 11.5 Å². The van der Waals surface area contributed by atoms with Crippen LogP contribution in [0.2, 0.25) is 0 Å². The van der Waals surface area contributed by atoms with Gasteiger partial charge in [0, 0.05) is 12.0 Å². The number of hydrogen-bond donors (Lipinski definition) is 0. The largest absolute Gasteiger partial charge is 0.497 e. The molecule has 0 radical (unpaired) electrons. The molecule has 86 valence electrons. The highest BCUT2D eigenvalue weighted by Gasteiger charge is 2.21. The molecule has 1 aromatic carbocycles. The maximum Gasteiger partial charge on any atom is 0.173 e. The maximum atomic E-state index is 11.9. The summed E-state index contributed by atoms with van der Waals surface area (Å²) in [6, 6.07) is 6.87. The molecular formula is C13H16O3. The van der Waals surface area contributed by atoms with Crippen molar-refractivity contribution in [1.82, 2.24) is 0 Å². The first-order valence-electron chi connectivity index (χ1n) is 5.31. The Morgan fingerprint density at radius 3 is 2.62 bits per heavy atom. The zero-order chi connectivity index (χ0) is 12.1. The molecule has 0 aromatic heterocycles. The summed E-state index contributed by atoms with van der Waals surface area (Å²) >= 11 is 0. The Bertz CT molecular complexity index is 396. The summed E-state index contributed by atoms with van der Waals surface area (Å²) in [5, 5.41) is 0. The number of Topliss-reactive ketones (excluding diaryl/α,β-unsaturated/α-hetero) is 2. The number of benzene rings is 1. The van der Waals surface area contributed by atoms with Gasteiger partial charge in [-0.15, -0.1) is 0 Å². The molecule has 0 bridgehead atoms. The van der Waals surface area contributed by atoms with Crippen molar-refractivity contribution in [3.05, 3.63) is 29.8 Å². The normalized spacial score (nSPS) is 11.9. The molecule has 0 aliphatic carbocycles. The number of hydrogen-bond acceptors (Lipinski definition) is 3. The zero-order valence-electron chi connectivity index (χ0n) is 9.82. The minimum absolute atomic E-state index is 0.0344. The zero-order valence-corrected chi connectivity index (χ0v) is 9.82. The van der Waals surface area contributed by atoms with Gasteiger partial charge in [0.05, 0.1) is 13.0 Å². The van der Waals surface area contributed by atoms with Crippen molar-refractivity contribution in [2.24, 2.45) is 5.92 Å². The summed E-state index contributed by atoms with van der Waals surface area (Å²) in [6.45, 7) is 3.41. The van der Waals surface area contributed by atoms with Gasteiger partial charge in [0.15, 0.2) is 5.78 Å². The number of carbonyl (C=O) groups is 2. The van der Waals surface area contributed by atoms with Crippen molar-refractivity contribution < 1.29 is 14.3 Å². The molecule has 1 rings (SSSR count). The molecule has 3 heteroatoms. The van der Waals surface area contributed by atoms with Crippen LogP contribution in [0.25, 0.3) is 0 Å². The van der Waals surface area contributed by atoms with Crippen molar-refractivity contribution in [2.75, 3.05) is 7.11 Å². The molecular weight excluding hydrogens is 204 g/mol. The fourth-order valence-electron chi connectivity index (χ4n) is 1.48. The highest BCUT2D eigenvalue weighted by molar-refractivity contribution is 6.10. The molecule has 1 unspecified atom stereocenters. The van der Waals surface area contributed by atoms with Crippen LogP contribution in [0.15, 0.2) is 24.3 Å². The summed E-state index contributed by atoms with van der Waals surface area (Å²) in [4.78, 5) is 23.4. The highest BCUT2D eigenvalue weighted by Crippen LogP contribution is 2.17. The Labute approximate surface area is 95.4 Å². The van der Waals surface area contributed by atoms with Gasteiger partial charge >= 0.3 is 0 Å². The van der Waals surface area contributed by atoms with Gasteiger partial charge in [-0.1, -0.05) is 19.1 Å². The van der Waals surface area contributed by atoms with Crippen molar-refractivity contribution >= 4 is 11.6 Å². The molecule has 3 nitrogen and oxygen atoms in total. The summed E-state index contributed by atoms with van der Waals surface area (Å²) < 4.78 is 5.03. The lowest BCUT2D eigenvalue weighted by molar-refractivity contribution is -0.120. The average Bonchev–Trinajstić information content (AvgIpc) is 2.36. The third kappa shape index (κ3) is 2.69. The van der Waals surface area contributed by atoms with Gasteiger partial charge in [-0.2, -0.15) is 0 Å². The lowest BCUT2D eigenvalue weighted by Crippen LogP contribution is -2.20. The van der Waals surface area contributed by atoms with Crippen LogP contribution in [-0.4, -0.2) is 18.7 Å². The Morgan fingerprint density at radius 1 is 1.38 bits per heavy atom. The third-order valence-electron chi connectivity index (χ3n) is 2.58. The van der Waals surface area contributed by atoms with Gasteiger partial charge < -0.3 is 4.74 Å². The Balaban J connectivity index is 2.91. The van der Waals surface area contributed by atoms with Gasteiger partial charge in [0.25, 0.3) is 0 Å². The third-order valence-corrected chi connectivity index (χ3v) is 2.58. The highest BCUT2D eigenvalue weighted by atomic mass is 16.5. The van der Waals surface area contributed by atoms with Crippen molar-refractivity contribution in [3.8, 4) is 5.75 Å². The van der Waals surface area contributed by atoms with Crippen LogP contribution >= 0.6 is 0 Å². The molecule has 0 aliphatic rings. The van der Waals surface area contributed by atoms with Crippen molar-refractivity contribution in [3.63, 3.8) is 0 Å². The van der Waals surface area contributed by atoms with Crippen LogP contribution in [0.1, 0.15) is 30.6 Å². The van der Waals surface area contributed by atoms with E-state index in [1.54, 1.807) is 45.2 Å². The second kappa shape index (κ2) is 5.45. The lowest BCUT2D eigenvalue weighted by Gasteiger charge is -2.09. The molecule has 0 fully saturated rings. The van der Waals surface area contributed by atoms with Gasteiger partial charge in [-0.3, -0.25) is 9.59 Å². The van der Waals surface area contributed by atoms with Gasteiger partial charge in [-0.25, -0.2) is 0 Å². The van der Waals surface area contributed by atoms with E-state index in [1.165, 1.54) is 0 Å². The van der Waals surface area contributed by atoms with E-state index in [9.17, 15) is 9.59 Å². The molecule has 0 spiro atoms. The Morgan fingerprint density at radius 2 is 2.06 bits per heavy atom. The first kappa shape index (κ1) is 12.4. The summed E-state index contributed by atoms with van der Waals surface area (Å²) in [5.41, 5.74) is 0.522. The predicted octanol–water partition coefficient (Wildman–Crippen LogP) is 2.49. The summed E-state index contributed by atoms with van der Waals surface area (Å²) in [7, 11) is 1.55. The number of methoxy groups -OCH3 is 1. The number of ether oxygens (including phenoxy) is 1. The summed E-state index contributed by atoms with van der Waals surface area (Å²) in [6.07, 6.45) is 0.386. The van der Waals surface area contributed by atoms with E-state index in [2.05, 4.69) is 0 Å². The molecule has 1 atom stereocenters. The van der Waals surface area contributed by atoms with Crippen LogP contribution in [0.3, 0.4) is 0 Å². The predicted molar refractivity (Wildman–Crippen MR) is 61.8 cm³/mol. The topological polar surface area (TPSA) is 43.4 Å². The van der Waals surface area contributed by atoms with Crippen LogP contribution < -0.4 is 4.74 Å². The molecule has 1 aromatic rings. The lowest BCUT2D eigenvalue weighted by atomic mass is 9.94. The molecule has 0 heterocycles. The second-order valence-corrected chi connectivity index (χ2v) is 3.64. The molecule has 16 heavy (non-hydrogen) atoms. The average molecular weight is 220 g/mol. The standard InChI is InChI=1S/C13H16O3/c1-4-12(14)9(2)13(15)10-6-5-7-11(8-10)16-3/h5-9H,4H2,1-3H3. The molecule has 0 N–H and O–H groups in total. The first-order chi connectivity index (χ1) is 7.60. The van der Waals surface area contributed by atoms with E-state index >= 15 is 0 Å². The maximum absolute atomic E-state index is 11.9. The van der Waals surface area contributed by atoms with E-state index in [0.717, 1.165) is 0 Å². The minimum Gasteiger partial charge on any atom is -0.497 e. The molecule has 0 amide bonds. The second-order valence-electron chi connectivity index (χ2n) is 3.64. The Kier molecular flexibility index (Phi) is 4.23.